The predicted octanol–water partition coefficient (Wildman–Crippen LogP) is 7.36. The summed E-state index contributed by atoms with van der Waals surface area (Å²) in [6, 6.07) is 0. The number of unbranched alkanes of at least 4 members (excludes halogenated alkanes) is 6. The number of rotatable bonds is 19. The van der Waals surface area contributed by atoms with Crippen LogP contribution in [-0.2, 0) is 4.79 Å². The Morgan fingerprint density at radius 1 is 0.710 bits per heavy atom. The van der Waals surface area contributed by atoms with Crippen molar-refractivity contribution >= 4 is 5.91 Å². The second-order valence-corrected chi connectivity index (χ2v) is 8.25. The zero-order chi connectivity index (χ0) is 23.0. The molecule has 0 unspecified atom stereocenters. The molecule has 1 amide bonds. The van der Waals surface area contributed by atoms with Gasteiger partial charge in [0.2, 0.25) is 5.91 Å². The van der Waals surface area contributed by atoms with Crippen LogP contribution in [0.5, 0.6) is 0 Å². The van der Waals surface area contributed by atoms with E-state index in [0.29, 0.717) is 6.54 Å². The molecule has 0 atom stereocenters. The van der Waals surface area contributed by atoms with Gasteiger partial charge in [-0.25, -0.2) is 0 Å². The van der Waals surface area contributed by atoms with E-state index in [1.807, 2.05) is 12.2 Å². The molecule has 0 aliphatic rings. The number of amides is 1. The predicted molar refractivity (Wildman–Crippen MR) is 136 cm³/mol. The highest BCUT2D eigenvalue weighted by Gasteiger charge is 2.26. The van der Waals surface area contributed by atoms with Crippen molar-refractivity contribution in [1.29, 1.82) is 0 Å². The van der Waals surface area contributed by atoms with Crippen molar-refractivity contribution in [3.63, 3.8) is 0 Å². The van der Waals surface area contributed by atoms with Crippen LogP contribution in [0, 0.1) is 0 Å². The van der Waals surface area contributed by atoms with Gasteiger partial charge in [0.1, 0.15) is 0 Å². The molecule has 2 N–H and O–H groups in total. The Hall–Kier alpha value is -1.87. The molecule has 0 aliphatic carbocycles. The quantitative estimate of drug-likeness (QED) is 0.128. The Balaban J connectivity index is 4.17. The summed E-state index contributed by atoms with van der Waals surface area (Å²) in [5.41, 5.74) is -0.781. The van der Waals surface area contributed by atoms with E-state index in [0.717, 1.165) is 70.6 Å². The van der Waals surface area contributed by atoms with Crippen molar-refractivity contribution < 1.29 is 9.90 Å². The molecule has 31 heavy (non-hydrogen) atoms. The normalized spacial score (nSPS) is 13.0. The minimum Gasteiger partial charge on any atom is -0.388 e. The number of allylic oxidation sites excluding steroid dienone is 9. The van der Waals surface area contributed by atoms with Gasteiger partial charge in [0.15, 0.2) is 0 Å². The third-order valence-electron chi connectivity index (χ3n) is 5.14. The Morgan fingerprint density at radius 3 is 1.74 bits per heavy atom. The van der Waals surface area contributed by atoms with Crippen molar-refractivity contribution in [2.75, 3.05) is 6.54 Å². The molecule has 0 rings (SSSR count). The lowest BCUT2D eigenvalue weighted by atomic mass is 9.90. The van der Waals surface area contributed by atoms with Gasteiger partial charge in [0.05, 0.1) is 5.60 Å². The van der Waals surface area contributed by atoms with Gasteiger partial charge in [-0.3, -0.25) is 4.79 Å². The number of carbonyl (C=O) groups excluding carboxylic acids is 1. The summed E-state index contributed by atoms with van der Waals surface area (Å²) in [6.45, 7) is 6.83. The standard InChI is InChI=1S/C28H47NO2/c1-4-7-10-11-12-13-14-15-16-17-18-19-20-23-27(30)29-26-28(31,24-21-8-5-2)25-22-9-6-3/h10-15,18-20,23,31H,4-9,16-17,21-22,24-26H2,1-3H3,(H,29,30). The zero-order valence-corrected chi connectivity index (χ0v) is 20.3. The fourth-order valence-electron chi connectivity index (χ4n) is 3.18. The van der Waals surface area contributed by atoms with Crippen LogP contribution in [0.4, 0.5) is 0 Å². The monoisotopic (exact) mass is 429 g/mol. The molecule has 0 fully saturated rings. The molecule has 3 heteroatoms. The number of hydrogen-bond donors (Lipinski definition) is 2. The zero-order valence-electron chi connectivity index (χ0n) is 20.3. The molecule has 0 radical (unpaired) electrons. The Bertz CT molecular complexity index is 560. The molecule has 0 aromatic heterocycles. The smallest absolute Gasteiger partial charge is 0.244 e. The molecule has 0 heterocycles. The number of carbonyl (C=O) groups is 1. The third kappa shape index (κ3) is 19.8. The first-order chi connectivity index (χ1) is 15.1. The average Bonchev–Trinajstić information content (AvgIpc) is 2.76. The van der Waals surface area contributed by atoms with Gasteiger partial charge in [0.25, 0.3) is 0 Å². The van der Waals surface area contributed by atoms with Crippen molar-refractivity contribution in [2.24, 2.45) is 0 Å². The van der Waals surface area contributed by atoms with Gasteiger partial charge >= 0.3 is 0 Å². The van der Waals surface area contributed by atoms with Gasteiger partial charge in [-0.1, -0.05) is 120 Å². The van der Waals surface area contributed by atoms with Crippen LogP contribution < -0.4 is 5.32 Å². The SMILES string of the molecule is CCCC=CC=CC=CCCC=CC=CC(=O)NCC(O)(CCCCC)CCCCC. The molecule has 176 valence electrons. The van der Waals surface area contributed by atoms with E-state index in [4.69, 9.17) is 0 Å². The van der Waals surface area contributed by atoms with E-state index in [1.54, 1.807) is 6.08 Å². The topological polar surface area (TPSA) is 49.3 Å². The summed E-state index contributed by atoms with van der Waals surface area (Å²) in [5.74, 6) is -0.143. The Morgan fingerprint density at radius 2 is 1.23 bits per heavy atom. The summed E-state index contributed by atoms with van der Waals surface area (Å²) in [4.78, 5) is 12.1. The first-order valence-electron chi connectivity index (χ1n) is 12.4. The molecule has 0 aliphatic heterocycles. The van der Waals surface area contributed by atoms with Gasteiger partial charge < -0.3 is 10.4 Å². The van der Waals surface area contributed by atoms with E-state index >= 15 is 0 Å². The molecule has 0 saturated carbocycles. The van der Waals surface area contributed by atoms with Crippen LogP contribution in [0.2, 0.25) is 0 Å². The van der Waals surface area contributed by atoms with Crippen LogP contribution in [0.1, 0.15) is 97.8 Å². The largest absolute Gasteiger partial charge is 0.388 e. The average molecular weight is 430 g/mol. The van der Waals surface area contributed by atoms with Crippen molar-refractivity contribution in [3.05, 3.63) is 60.8 Å². The molecule has 0 aromatic carbocycles. The van der Waals surface area contributed by atoms with Crippen LogP contribution in [-0.4, -0.2) is 23.2 Å². The van der Waals surface area contributed by atoms with Gasteiger partial charge in [0, 0.05) is 12.6 Å². The van der Waals surface area contributed by atoms with E-state index in [-0.39, 0.29) is 5.91 Å². The van der Waals surface area contributed by atoms with Crippen LogP contribution >= 0.6 is 0 Å². The second-order valence-electron chi connectivity index (χ2n) is 8.25. The van der Waals surface area contributed by atoms with Gasteiger partial charge in [-0.05, 0) is 32.1 Å². The minimum atomic E-state index is -0.781. The lowest BCUT2D eigenvalue weighted by Gasteiger charge is -2.28. The molecule has 0 saturated heterocycles. The molecule has 0 spiro atoms. The molecule has 0 bridgehead atoms. The minimum absolute atomic E-state index is 0.143. The summed E-state index contributed by atoms with van der Waals surface area (Å²) < 4.78 is 0. The molecule has 3 nitrogen and oxygen atoms in total. The van der Waals surface area contributed by atoms with Crippen molar-refractivity contribution in [2.45, 2.75) is 103 Å². The highest BCUT2D eigenvalue weighted by atomic mass is 16.3. The Kier molecular flexibility index (Phi) is 20.1. The third-order valence-corrected chi connectivity index (χ3v) is 5.14. The maximum absolute atomic E-state index is 12.1. The van der Waals surface area contributed by atoms with Gasteiger partial charge in [-0.2, -0.15) is 0 Å². The second kappa shape index (κ2) is 21.4. The maximum Gasteiger partial charge on any atom is 0.244 e. The van der Waals surface area contributed by atoms with Crippen LogP contribution in [0.25, 0.3) is 0 Å². The summed E-state index contributed by atoms with van der Waals surface area (Å²) in [5, 5.41) is 13.8. The van der Waals surface area contributed by atoms with Crippen molar-refractivity contribution in [1.82, 2.24) is 5.32 Å². The van der Waals surface area contributed by atoms with E-state index in [1.165, 1.54) is 12.5 Å². The maximum atomic E-state index is 12.1. The Labute approximate surface area is 192 Å². The first kappa shape index (κ1) is 29.1. The van der Waals surface area contributed by atoms with E-state index in [9.17, 15) is 9.90 Å². The molecule has 0 aromatic rings. The fourth-order valence-corrected chi connectivity index (χ4v) is 3.18. The summed E-state index contributed by atoms with van der Waals surface area (Å²) in [7, 11) is 0. The number of hydrogen-bond acceptors (Lipinski definition) is 2. The number of nitrogens with one attached hydrogen (secondary N) is 1. The highest BCUT2D eigenvalue weighted by molar-refractivity contribution is 5.87. The van der Waals surface area contributed by atoms with Crippen LogP contribution in [0.15, 0.2) is 60.8 Å². The highest BCUT2D eigenvalue weighted by Crippen LogP contribution is 2.22. The summed E-state index contributed by atoms with van der Waals surface area (Å²) >= 11 is 0. The van der Waals surface area contributed by atoms with Gasteiger partial charge in [-0.15, -0.1) is 0 Å². The lowest BCUT2D eigenvalue weighted by molar-refractivity contribution is -0.118. The van der Waals surface area contributed by atoms with E-state index in [2.05, 4.69) is 62.5 Å². The van der Waals surface area contributed by atoms with E-state index < -0.39 is 5.60 Å². The summed E-state index contributed by atoms with van der Waals surface area (Å²) in [6.07, 6.45) is 32.1. The van der Waals surface area contributed by atoms with Crippen molar-refractivity contribution in [3.8, 4) is 0 Å². The molecular weight excluding hydrogens is 382 g/mol. The fraction of sp³-hybridized carbons (Fsp3) is 0.607. The molecular formula is C28H47NO2. The lowest BCUT2D eigenvalue weighted by Crippen LogP contribution is -2.42. The number of aliphatic hydroxyl groups is 1. The first-order valence-corrected chi connectivity index (χ1v) is 12.4. The van der Waals surface area contributed by atoms with Crippen LogP contribution in [0.3, 0.4) is 0 Å².